The van der Waals surface area contributed by atoms with Gasteiger partial charge in [-0.25, -0.2) is 0 Å². The molecule has 0 aromatic carbocycles. The van der Waals surface area contributed by atoms with Crippen LogP contribution in [0.25, 0.3) is 0 Å². The lowest BCUT2D eigenvalue weighted by atomic mass is 9.92. The highest BCUT2D eigenvalue weighted by Gasteiger charge is 2.54. The molecule has 132 valence electrons. The molecule has 0 aromatic heterocycles. The SMILES string of the molecule is COC(=O)C1CN(S(=O)(=O)N2CCCCC2)CCC12OCCO2. The van der Waals surface area contributed by atoms with Crippen LogP contribution >= 0.6 is 0 Å². The van der Waals surface area contributed by atoms with Gasteiger partial charge in [0.15, 0.2) is 5.79 Å². The molecule has 3 aliphatic rings. The van der Waals surface area contributed by atoms with Gasteiger partial charge in [0.1, 0.15) is 5.92 Å². The van der Waals surface area contributed by atoms with Crippen molar-refractivity contribution in [3.05, 3.63) is 0 Å². The molecule has 0 radical (unpaired) electrons. The van der Waals surface area contributed by atoms with E-state index in [9.17, 15) is 13.2 Å². The van der Waals surface area contributed by atoms with Crippen molar-refractivity contribution >= 4 is 16.2 Å². The Morgan fingerprint density at radius 2 is 1.74 bits per heavy atom. The van der Waals surface area contributed by atoms with Gasteiger partial charge in [-0.2, -0.15) is 17.0 Å². The Morgan fingerprint density at radius 1 is 1.09 bits per heavy atom. The number of methoxy groups -OCH3 is 1. The highest BCUT2D eigenvalue weighted by Crippen LogP contribution is 2.38. The van der Waals surface area contributed by atoms with Crippen LogP contribution in [-0.4, -0.2) is 75.3 Å². The molecule has 1 unspecified atom stereocenters. The van der Waals surface area contributed by atoms with E-state index in [0.717, 1.165) is 19.3 Å². The Hall–Kier alpha value is -0.740. The molecule has 0 bridgehead atoms. The van der Waals surface area contributed by atoms with Crippen LogP contribution in [0.4, 0.5) is 0 Å². The first-order valence-electron chi connectivity index (χ1n) is 8.10. The lowest BCUT2D eigenvalue weighted by Gasteiger charge is -2.43. The van der Waals surface area contributed by atoms with Crippen LogP contribution < -0.4 is 0 Å². The zero-order chi connectivity index (χ0) is 16.5. The Labute approximate surface area is 136 Å². The molecule has 3 aliphatic heterocycles. The minimum atomic E-state index is -3.56. The van der Waals surface area contributed by atoms with Crippen LogP contribution in [0.1, 0.15) is 25.7 Å². The van der Waals surface area contributed by atoms with Crippen molar-refractivity contribution in [3.63, 3.8) is 0 Å². The van der Waals surface area contributed by atoms with E-state index in [-0.39, 0.29) is 13.1 Å². The van der Waals surface area contributed by atoms with Gasteiger partial charge >= 0.3 is 5.97 Å². The Kier molecular flexibility index (Phi) is 4.93. The van der Waals surface area contributed by atoms with E-state index in [4.69, 9.17) is 14.2 Å². The third-order valence-corrected chi connectivity index (χ3v) is 6.86. The van der Waals surface area contributed by atoms with E-state index in [0.29, 0.717) is 32.7 Å². The zero-order valence-electron chi connectivity index (χ0n) is 13.4. The molecule has 0 saturated carbocycles. The van der Waals surface area contributed by atoms with Gasteiger partial charge in [-0.3, -0.25) is 4.79 Å². The summed E-state index contributed by atoms with van der Waals surface area (Å²) < 4.78 is 44.7. The summed E-state index contributed by atoms with van der Waals surface area (Å²) in [4.78, 5) is 12.2. The monoisotopic (exact) mass is 348 g/mol. The Balaban J connectivity index is 1.79. The standard InChI is InChI=1S/C14H24N2O6S/c1-20-13(17)12-11-16(8-5-14(12)21-9-10-22-14)23(18,19)15-6-3-2-4-7-15/h12H,2-11H2,1H3. The van der Waals surface area contributed by atoms with Crippen molar-refractivity contribution in [2.75, 3.05) is 46.5 Å². The van der Waals surface area contributed by atoms with Crippen LogP contribution in [0, 0.1) is 5.92 Å². The van der Waals surface area contributed by atoms with Gasteiger partial charge in [0.2, 0.25) is 0 Å². The van der Waals surface area contributed by atoms with E-state index in [1.807, 2.05) is 0 Å². The van der Waals surface area contributed by atoms with Gasteiger partial charge < -0.3 is 14.2 Å². The fourth-order valence-electron chi connectivity index (χ4n) is 3.57. The van der Waals surface area contributed by atoms with Crippen LogP contribution in [0.15, 0.2) is 0 Å². The van der Waals surface area contributed by atoms with Crippen LogP contribution in [0.5, 0.6) is 0 Å². The Morgan fingerprint density at radius 3 is 2.35 bits per heavy atom. The van der Waals surface area contributed by atoms with E-state index in [1.54, 1.807) is 0 Å². The molecule has 1 spiro atoms. The molecule has 3 fully saturated rings. The van der Waals surface area contributed by atoms with Crippen LogP contribution in [0.2, 0.25) is 0 Å². The summed E-state index contributed by atoms with van der Waals surface area (Å²) in [5, 5.41) is 0. The summed E-state index contributed by atoms with van der Waals surface area (Å²) in [6.45, 7) is 2.22. The van der Waals surface area contributed by atoms with Gasteiger partial charge in [0, 0.05) is 32.6 Å². The first kappa shape index (κ1) is 17.1. The molecule has 3 rings (SSSR count). The lowest BCUT2D eigenvalue weighted by molar-refractivity contribution is -0.223. The predicted octanol–water partition coefficient (Wildman–Crippen LogP) is -0.0449. The van der Waals surface area contributed by atoms with E-state index in [2.05, 4.69) is 0 Å². The largest absolute Gasteiger partial charge is 0.469 e. The molecule has 1 atom stereocenters. The number of rotatable bonds is 3. The van der Waals surface area contributed by atoms with E-state index >= 15 is 0 Å². The van der Waals surface area contributed by atoms with Crippen LogP contribution in [-0.2, 0) is 29.2 Å². The van der Waals surface area contributed by atoms with Gasteiger partial charge in [-0.15, -0.1) is 0 Å². The summed E-state index contributed by atoms with van der Waals surface area (Å²) in [6.07, 6.45) is 3.15. The summed E-state index contributed by atoms with van der Waals surface area (Å²) >= 11 is 0. The fraction of sp³-hybridized carbons (Fsp3) is 0.929. The first-order valence-corrected chi connectivity index (χ1v) is 9.50. The average molecular weight is 348 g/mol. The lowest BCUT2D eigenvalue weighted by Crippen LogP contribution is -2.59. The maximum atomic E-state index is 12.8. The molecular formula is C14H24N2O6S. The van der Waals surface area contributed by atoms with Gasteiger partial charge in [-0.1, -0.05) is 6.42 Å². The molecule has 8 nitrogen and oxygen atoms in total. The molecule has 0 aliphatic carbocycles. The molecular weight excluding hydrogens is 324 g/mol. The van der Waals surface area contributed by atoms with Crippen LogP contribution in [0.3, 0.4) is 0 Å². The maximum absolute atomic E-state index is 12.8. The van der Waals surface area contributed by atoms with Crippen molar-refractivity contribution in [3.8, 4) is 0 Å². The van der Waals surface area contributed by atoms with Gasteiger partial charge in [0.25, 0.3) is 10.2 Å². The number of carbonyl (C=O) groups is 1. The highest BCUT2D eigenvalue weighted by atomic mass is 32.2. The number of ether oxygens (including phenoxy) is 3. The summed E-state index contributed by atoms with van der Waals surface area (Å²) in [5.74, 6) is -2.30. The molecule has 0 aromatic rings. The fourth-order valence-corrected chi connectivity index (χ4v) is 5.28. The van der Waals surface area contributed by atoms with Gasteiger partial charge in [0.05, 0.1) is 20.3 Å². The zero-order valence-corrected chi connectivity index (χ0v) is 14.2. The predicted molar refractivity (Wildman–Crippen MR) is 80.7 cm³/mol. The minimum absolute atomic E-state index is 0.0332. The number of esters is 1. The van der Waals surface area contributed by atoms with Crippen molar-refractivity contribution < 1.29 is 27.4 Å². The number of hydrogen-bond donors (Lipinski definition) is 0. The van der Waals surface area contributed by atoms with Crippen molar-refractivity contribution in [2.24, 2.45) is 5.92 Å². The smallest absolute Gasteiger partial charge is 0.315 e. The second kappa shape index (κ2) is 6.64. The van der Waals surface area contributed by atoms with Gasteiger partial charge in [-0.05, 0) is 12.8 Å². The highest BCUT2D eigenvalue weighted by molar-refractivity contribution is 7.86. The summed E-state index contributed by atoms with van der Waals surface area (Å²) in [7, 11) is -2.26. The Bertz CT molecular complexity index is 539. The van der Waals surface area contributed by atoms with Crippen molar-refractivity contribution in [1.82, 2.24) is 8.61 Å². The number of carbonyl (C=O) groups excluding carboxylic acids is 1. The summed E-state index contributed by atoms with van der Waals surface area (Å²) in [5.41, 5.74) is 0. The molecule has 0 amide bonds. The van der Waals surface area contributed by atoms with Crippen molar-refractivity contribution in [1.29, 1.82) is 0 Å². The summed E-state index contributed by atoms with van der Waals surface area (Å²) in [6, 6.07) is 0. The maximum Gasteiger partial charge on any atom is 0.315 e. The average Bonchev–Trinajstić information content (AvgIpc) is 3.04. The van der Waals surface area contributed by atoms with E-state index < -0.39 is 27.9 Å². The van der Waals surface area contributed by atoms with Crippen molar-refractivity contribution in [2.45, 2.75) is 31.5 Å². The first-order chi connectivity index (χ1) is 11.0. The molecule has 0 N–H and O–H groups in total. The molecule has 23 heavy (non-hydrogen) atoms. The van der Waals surface area contributed by atoms with E-state index in [1.165, 1.54) is 15.7 Å². The molecule has 3 heterocycles. The molecule has 3 saturated heterocycles. The normalized spacial score (nSPS) is 29.7. The quantitative estimate of drug-likeness (QED) is 0.665. The minimum Gasteiger partial charge on any atom is -0.469 e. The number of piperidine rings is 2. The topological polar surface area (TPSA) is 85.4 Å². The third kappa shape index (κ3) is 3.12. The third-order valence-electron chi connectivity index (χ3n) is 4.86. The number of nitrogens with zero attached hydrogens (tertiary/aromatic N) is 2. The molecule has 9 heteroatoms. The second-order valence-electron chi connectivity index (χ2n) is 6.16. The second-order valence-corrected chi connectivity index (χ2v) is 8.09. The number of hydrogen-bond acceptors (Lipinski definition) is 6.